The van der Waals surface area contributed by atoms with Crippen molar-refractivity contribution in [1.29, 1.82) is 0 Å². The largest absolute Gasteiger partial charge is 0.299 e. The lowest BCUT2D eigenvalue weighted by molar-refractivity contribution is 0.463. The molecule has 0 aliphatic carbocycles. The van der Waals surface area contributed by atoms with Gasteiger partial charge in [-0.15, -0.1) is 0 Å². The fourth-order valence-electron chi connectivity index (χ4n) is 0.408. The van der Waals surface area contributed by atoms with Crippen LogP contribution in [0.3, 0.4) is 0 Å². The van der Waals surface area contributed by atoms with Crippen molar-refractivity contribution in [2.24, 2.45) is 5.92 Å². The average Bonchev–Trinajstić information content (AvgIpc) is 1.63. The van der Waals surface area contributed by atoms with Crippen LogP contribution in [0.2, 0.25) is 0 Å². The van der Waals surface area contributed by atoms with Gasteiger partial charge in [0.25, 0.3) is 0 Å². The molecule has 0 aliphatic heterocycles. The van der Waals surface area contributed by atoms with Gasteiger partial charge in [0.1, 0.15) is 0 Å². The molecular weight excluding hydrogens is 110 g/mol. The first-order valence-corrected chi connectivity index (χ1v) is 3.26. The van der Waals surface area contributed by atoms with Gasteiger partial charge in [-0.2, -0.15) is 0 Å². The second kappa shape index (κ2) is 4.40. The monoisotopic (exact) mass is 125 g/mol. The predicted molar refractivity (Wildman–Crippen MR) is 41.2 cm³/mol. The summed E-state index contributed by atoms with van der Waals surface area (Å²) in [5, 5.41) is 0. The molecule has 0 amide bonds. The molecule has 0 aromatic carbocycles. The predicted octanol–water partition coefficient (Wildman–Crippen LogP) is 1.21. The third-order valence-corrected chi connectivity index (χ3v) is 0.786. The van der Waals surface area contributed by atoms with E-state index in [9.17, 15) is 0 Å². The Morgan fingerprint density at radius 1 is 1.33 bits per heavy atom. The van der Waals surface area contributed by atoms with E-state index in [1.807, 2.05) is 14.1 Å². The van der Waals surface area contributed by atoms with E-state index < -0.39 is 0 Å². The van der Waals surface area contributed by atoms with Gasteiger partial charge >= 0.3 is 0 Å². The summed E-state index contributed by atoms with van der Waals surface area (Å²) in [5.41, 5.74) is 0. The zero-order valence-electron chi connectivity index (χ0n) is 6.73. The highest BCUT2D eigenvalue weighted by Gasteiger charge is 1.82. The highest BCUT2D eigenvalue weighted by molar-refractivity contribution is 5.02. The van der Waals surface area contributed by atoms with Crippen LogP contribution in [0, 0.1) is 17.8 Å². The normalized spacial score (nSPS) is 9.56. The Morgan fingerprint density at radius 3 is 2.22 bits per heavy atom. The van der Waals surface area contributed by atoms with E-state index in [1.54, 1.807) is 0 Å². The Hall–Kier alpha value is -0.480. The zero-order valence-corrected chi connectivity index (χ0v) is 6.73. The minimum Gasteiger partial charge on any atom is -0.299 e. The molecule has 0 spiro atoms. The van der Waals surface area contributed by atoms with Gasteiger partial charge in [-0.3, -0.25) is 4.90 Å². The maximum atomic E-state index is 3.09. The highest BCUT2D eigenvalue weighted by atomic mass is 15.0. The molecule has 9 heavy (non-hydrogen) atoms. The smallest absolute Gasteiger partial charge is 0.0596 e. The third kappa shape index (κ3) is 7.52. The fourth-order valence-corrected chi connectivity index (χ4v) is 0.408. The van der Waals surface area contributed by atoms with Gasteiger partial charge in [0.2, 0.25) is 0 Å². The maximum Gasteiger partial charge on any atom is 0.0596 e. The van der Waals surface area contributed by atoms with Crippen molar-refractivity contribution in [3.63, 3.8) is 0 Å². The summed E-state index contributed by atoms with van der Waals surface area (Å²) >= 11 is 0. The lowest BCUT2D eigenvalue weighted by atomic mass is 10.2. The molecule has 1 heteroatoms. The van der Waals surface area contributed by atoms with Crippen molar-refractivity contribution >= 4 is 0 Å². The van der Waals surface area contributed by atoms with E-state index >= 15 is 0 Å². The van der Waals surface area contributed by atoms with Crippen LogP contribution in [0.25, 0.3) is 0 Å². The van der Waals surface area contributed by atoms with E-state index in [1.165, 1.54) is 0 Å². The van der Waals surface area contributed by atoms with Gasteiger partial charge in [-0.1, -0.05) is 25.7 Å². The Labute approximate surface area is 58.1 Å². The molecule has 0 aromatic rings. The summed E-state index contributed by atoms with van der Waals surface area (Å²) in [4.78, 5) is 2.06. The van der Waals surface area contributed by atoms with Gasteiger partial charge in [0.15, 0.2) is 0 Å². The molecule has 0 rings (SSSR count). The Kier molecular flexibility index (Phi) is 4.17. The van der Waals surface area contributed by atoms with Crippen molar-refractivity contribution in [3.8, 4) is 11.8 Å². The lowest BCUT2D eigenvalue weighted by Crippen LogP contribution is -2.10. The molecule has 0 heterocycles. The standard InChI is InChI=1S/C8H15N/c1-8(2)6-5-7-9(3)4/h8H,7H2,1-4H3. The van der Waals surface area contributed by atoms with Gasteiger partial charge < -0.3 is 0 Å². The molecule has 0 N–H and O–H groups in total. The Bertz CT molecular complexity index is 114. The second-order valence-corrected chi connectivity index (χ2v) is 2.71. The molecule has 0 fully saturated rings. The van der Waals surface area contributed by atoms with Crippen LogP contribution in [0.4, 0.5) is 0 Å². The third-order valence-electron chi connectivity index (χ3n) is 0.786. The average molecular weight is 125 g/mol. The Balaban J connectivity index is 3.38. The summed E-state index contributed by atoms with van der Waals surface area (Å²) in [5.74, 6) is 6.65. The van der Waals surface area contributed by atoms with Crippen LogP contribution in [-0.4, -0.2) is 25.5 Å². The molecule has 0 saturated carbocycles. The fraction of sp³-hybridized carbons (Fsp3) is 0.750. The van der Waals surface area contributed by atoms with Crippen LogP contribution in [0.15, 0.2) is 0 Å². The maximum absolute atomic E-state index is 3.09. The van der Waals surface area contributed by atoms with Crippen molar-refractivity contribution in [2.75, 3.05) is 20.6 Å². The first kappa shape index (κ1) is 8.52. The van der Waals surface area contributed by atoms with Crippen molar-refractivity contribution in [1.82, 2.24) is 4.90 Å². The quantitative estimate of drug-likeness (QED) is 0.476. The molecule has 0 bridgehead atoms. The van der Waals surface area contributed by atoms with Gasteiger partial charge in [-0.05, 0) is 14.1 Å². The molecule has 0 saturated heterocycles. The topological polar surface area (TPSA) is 3.24 Å². The number of rotatable bonds is 1. The molecule has 0 unspecified atom stereocenters. The molecule has 0 radical (unpaired) electrons. The number of hydrogen-bond acceptors (Lipinski definition) is 1. The van der Waals surface area contributed by atoms with E-state index in [0.29, 0.717) is 5.92 Å². The number of nitrogens with zero attached hydrogens (tertiary/aromatic N) is 1. The molecule has 52 valence electrons. The van der Waals surface area contributed by atoms with Crippen LogP contribution < -0.4 is 0 Å². The molecule has 1 nitrogen and oxygen atoms in total. The van der Waals surface area contributed by atoms with Crippen molar-refractivity contribution < 1.29 is 0 Å². The molecule has 0 aromatic heterocycles. The van der Waals surface area contributed by atoms with Crippen LogP contribution in [0.5, 0.6) is 0 Å². The summed E-state index contributed by atoms with van der Waals surface area (Å²) in [6.45, 7) is 5.07. The summed E-state index contributed by atoms with van der Waals surface area (Å²) < 4.78 is 0. The van der Waals surface area contributed by atoms with Gasteiger partial charge in [0, 0.05) is 5.92 Å². The SMILES string of the molecule is CC(C)C#CCN(C)C. The van der Waals surface area contributed by atoms with Gasteiger partial charge in [-0.25, -0.2) is 0 Å². The van der Waals surface area contributed by atoms with E-state index in [2.05, 4.69) is 30.6 Å². The molecular formula is C8H15N. The summed E-state index contributed by atoms with van der Waals surface area (Å²) in [6.07, 6.45) is 0. The van der Waals surface area contributed by atoms with E-state index in [0.717, 1.165) is 6.54 Å². The van der Waals surface area contributed by atoms with Crippen LogP contribution >= 0.6 is 0 Å². The first-order chi connectivity index (χ1) is 4.13. The summed E-state index contributed by atoms with van der Waals surface area (Å²) in [6, 6.07) is 0. The zero-order chi connectivity index (χ0) is 7.28. The molecule has 0 atom stereocenters. The summed E-state index contributed by atoms with van der Waals surface area (Å²) in [7, 11) is 4.05. The molecule has 0 aliphatic rings. The van der Waals surface area contributed by atoms with Crippen LogP contribution in [0.1, 0.15) is 13.8 Å². The number of hydrogen-bond donors (Lipinski definition) is 0. The second-order valence-electron chi connectivity index (χ2n) is 2.71. The van der Waals surface area contributed by atoms with Crippen molar-refractivity contribution in [3.05, 3.63) is 0 Å². The van der Waals surface area contributed by atoms with Crippen LogP contribution in [-0.2, 0) is 0 Å². The Morgan fingerprint density at radius 2 is 1.89 bits per heavy atom. The minimum atomic E-state index is 0.505. The van der Waals surface area contributed by atoms with Crippen molar-refractivity contribution in [2.45, 2.75) is 13.8 Å². The highest BCUT2D eigenvalue weighted by Crippen LogP contribution is 1.85. The lowest BCUT2D eigenvalue weighted by Gasteiger charge is -2.00. The minimum absolute atomic E-state index is 0.505. The van der Waals surface area contributed by atoms with E-state index in [-0.39, 0.29) is 0 Å². The van der Waals surface area contributed by atoms with Gasteiger partial charge in [0.05, 0.1) is 6.54 Å². The van der Waals surface area contributed by atoms with E-state index in [4.69, 9.17) is 0 Å². The first-order valence-electron chi connectivity index (χ1n) is 3.26.